The Labute approximate surface area is 190 Å². The SMILES string of the molecule is CC(C)(C)NC(=O)N(Cc1ccc(C(F)(F)F)cc1)C[C@H]1CC(c2ccc(Cl)cc2)=NO1. The molecule has 0 aliphatic carbocycles. The first kappa shape index (κ1) is 23.9. The van der Waals surface area contributed by atoms with Crippen molar-refractivity contribution in [1.82, 2.24) is 10.2 Å². The minimum absolute atomic E-state index is 0.135. The Morgan fingerprint density at radius 2 is 1.75 bits per heavy atom. The average Bonchev–Trinajstić information content (AvgIpc) is 3.15. The molecule has 0 spiro atoms. The van der Waals surface area contributed by atoms with Crippen LogP contribution in [-0.2, 0) is 17.6 Å². The van der Waals surface area contributed by atoms with Gasteiger partial charge in [-0.25, -0.2) is 4.79 Å². The maximum Gasteiger partial charge on any atom is 0.416 e. The van der Waals surface area contributed by atoms with Gasteiger partial charge in [0.2, 0.25) is 0 Å². The van der Waals surface area contributed by atoms with E-state index in [0.717, 1.165) is 23.4 Å². The van der Waals surface area contributed by atoms with E-state index in [2.05, 4.69) is 10.5 Å². The summed E-state index contributed by atoms with van der Waals surface area (Å²) in [6, 6.07) is 11.7. The topological polar surface area (TPSA) is 53.9 Å². The number of hydrogen-bond acceptors (Lipinski definition) is 3. The van der Waals surface area contributed by atoms with Crippen LogP contribution in [0.5, 0.6) is 0 Å². The molecule has 32 heavy (non-hydrogen) atoms. The number of hydrogen-bond donors (Lipinski definition) is 1. The van der Waals surface area contributed by atoms with Crippen LogP contribution in [0.1, 0.15) is 43.9 Å². The summed E-state index contributed by atoms with van der Waals surface area (Å²) in [5.74, 6) is 0. The zero-order valence-electron chi connectivity index (χ0n) is 18.0. The Bertz CT molecular complexity index is 968. The van der Waals surface area contributed by atoms with Gasteiger partial charge >= 0.3 is 12.2 Å². The molecule has 0 aromatic heterocycles. The summed E-state index contributed by atoms with van der Waals surface area (Å²) < 4.78 is 38.6. The molecule has 0 radical (unpaired) electrons. The fourth-order valence-electron chi connectivity index (χ4n) is 3.22. The van der Waals surface area contributed by atoms with Crippen molar-refractivity contribution in [2.24, 2.45) is 5.16 Å². The molecule has 0 saturated heterocycles. The molecule has 0 unspecified atom stereocenters. The highest BCUT2D eigenvalue weighted by Crippen LogP contribution is 2.29. The molecule has 0 fully saturated rings. The first-order valence-electron chi connectivity index (χ1n) is 10.1. The molecule has 2 aromatic rings. The van der Waals surface area contributed by atoms with Crippen molar-refractivity contribution in [2.45, 2.75) is 51.6 Å². The highest BCUT2D eigenvalue weighted by Gasteiger charge is 2.31. The summed E-state index contributed by atoms with van der Waals surface area (Å²) in [6.07, 6.45) is -4.29. The summed E-state index contributed by atoms with van der Waals surface area (Å²) in [7, 11) is 0. The van der Waals surface area contributed by atoms with E-state index in [1.165, 1.54) is 17.0 Å². The molecule has 2 amide bonds. The number of amides is 2. The number of carbonyl (C=O) groups excluding carboxylic acids is 1. The van der Waals surface area contributed by atoms with Crippen molar-refractivity contribution in [3.8, 4) is 0 Å². The van der Waals surface area contributed by atoms with Crippen molar-refractivity contribution >= 4 is 23.3 Å². The minimum Gasteiger partial charge on any atom is -0.390 e. The second-order valence-electron chi connectivity index (χ2n) is 8.73. The summed E-state index contributed by atoms with van der Waals surface area (Å²) >= 11 is 5.93. The van der Waals surface area contributed by atoms with Gasteiger partial charge < -0.3 is 15.1 Å². The number of alkyl halides is 3. The molecule has 1 aliphatic rings. The van der Waals surface area contributed by atoms with Gasteiger partial charge in [0, 0.05) is 23.5 Å². The lowest BCUT2D eigenvalue weighted by Gasteiger charge is -2.29. The van der Waals surface area contributed by atoms with Crippen molar-refractivity contribution in [1.29, 1.82) is 0 Å². The van der Waals surface area contributed by atoms with E-state index in [4.69, 9.17) is 16.4 Å². The highest BCUT2D eigenvalue weighted by molar-refractivity contribution is 6.30. The molecule has 3 rings (SSSR count). The van der Waals surface area contributed by atoms with Gasteiger partial charge in [0.25, 0.3) is 0 Å². The molecular weight excluding hydrogens is 443 g/mol. The number of nitrogens with one attached hydrogen (secondary N) is 1. The number of oxime groups is 1. The quantitative estimate of drug-likeness (QED) is 0.598. The lowest BCUT2D eigenvalue weighted by atomic mass is 10.0. The van der Waals surface area contributed by atoms with Crippen LogP contribution in [0, 0.1) is 0 Å². The summed E-state index contributed by atoms with van der Waals surface area (Å²) in [5, 5.41) is 7.65. The van der Waals surface area contributed by atoms with E-state index < -0.39 is 17.3 Å². The van der Waals surface area contributed by atoms with Gasteiger partial charge in [0.1, 0.15) is 0 Å². The number of halogens is 4. The smallest absolute Gasteiger partial charge is 0.390 e. The van der Waals surface area contributed by atoms with Crippen LogP contribution in [0.15, 0.2) is 53.7 Å². The zero-order valence-corrected chi connectivity index (χ0v) is 18.8. The molecule has 9 heteroatoms. The Morgan fingerprint density at radius 3 is 2.31 bits per heavy atom. The van der Waals surface area contributed by atoms with Gasteiger partial charge in [-0.2, -0.15) is 13.2 Å². The molecule has 2 aromatic carbocycles. The number of nitrogens with zero attached hydrogens (tertiary/aromatic N) is 2. The van der Waals surface area contributed by atoms with Crippen LogP contribution in [0.2, 0.25) is 5.02 Å². The molecule has 0 saturated carbocycles. The van der Waals surface area contributed by atoms with Crippen LogP contribution < -0.4 is 5.32 Å². The number of benzene rings is 2. The van der Waals surface area contributed by atoms with Crippen molar-refractivity contribution in [3.63, 3.8) is 0 Å². The Kier molecular flexibility index (Phi) is 7.03. The predicted octanol–water partition coefficient (Wildman–Crippen LogP) is 5.86. The third-order valence-electron chi connectivity index (χ3n) is 4.76. The first-order valence-corrected chi connectivity index (χ1v) is 10.5. The summed E-state index contributed by atoms with van der Waals surface area (Å²) in [6.45, 7) is 5.93. The second kappa shape index (κ2) is 9.40. The van der Waals surface area contributed by atoms with Gasteiger partial charge in [-0.05, 0) is 56.2 Å². The highest BCUT2D eigenvalue weighted by atomic mass is 35.5. The summed E-state index contributed by atoms with van der Waals surface area (Å²) in [5.41, 5.74) is 1.01. The van der Waals surface area contributed by atoms with Crippen molar-refractivity contribution in [2.75, 3.05) is 6.54 Å². The van der Waals surface area contributed by atoms with Crippen molar-refractivity contribution in [3.05, 3.63) is 70.2 Å². The van der Waals surface area contributed by atoms with E-state index in [9.17, 15) is 18.0 Å². The molecule has 172 valence electrons. The van der Waals surface area contributed by atoms with Gasteiger partial charge in [-0.1, -0.05) is 41.0 Å². The predicted molar refractivity (Wildman–Crippen MR) is 118 cm³/mol. The van der Waals surface area contributed by atoms with Crippen LogP contribution in [0.4, 0.5) is 18.0 Å². The monoisotopic (exact) mass is 467 g/mol. The van der Waals surface area contributed by atoms with Gasteiger partial charge in [-0.15, -0.1) is 0 Å². The second-order valence-corrected chi connectivity index (χ2v) is 9.17. The van der Waals surface area contributed by atoms with E-state index >= 15 is 0 Å². The van der Waals surface area contributed by atoms with Gasteiger partial charge in [0.05, 0.1) is 17.8 Å². The third-order valence-corrected chi connectivity index (χ3v) is 5.01. The number of rotatable bonds is 5. The Morgan fingerprint density at radius 1 is 1.12 bits per heavy atom. The number of carbonyl (C=O) groups is 1. The van der Waals surface area contributed by atoms with Gasteiger partial charge in [0.15, 0.2) is 6.10 Å². The Balaban J connectivity index is 1.71. The Hall–Kier alpha value is -2.74. The standard InChI is InChI=1S/C23H25ClF3N3O2/c1-22(2,3)28-21(31)30(13-15-4-8-17(9-5-15)23(25,26)27)14-19-12-20(29-32-19)16-6-10-18(24)11-7-16/h4-11,19H,12-14H2,1-3H3,(H,28,31)/t19-/m1/s1. The largest absolute Gasteiger partial charge is 0.416 e. The maximum atomic E-state index is 12.9. The van der Waals surface area contributed by atoms with Crippen LogP contribution >= 0.6 is 11.6 Å². The molecule has 1 heterocycles. The minimum atomic E-state index is -4.41. The fraction of sp³-hybridized carbons (Fsp3) is 0.391. The number of urea groups is 1. The van der Waals surface area contributed by atoms with Crippen LogP contribution in [-0.4, -0.2) is 34.8 Å². The van der Waals surface area contributed by atoms with E-state index in [0.29, 0.717) is 17.0 Å². The van der Waals surface area contributed by atoms with Crippen LogP contribution in [0.25, 0.3) is 0 Å². The average molecular weight is 468 g/mol. The first-order chi connectivity index (χ1) is 14.9. The molecule has 0 bridgehead atoms. The zero-order chi connectivity index (χ0) is 23.5. The maximum absolute atomic E-state index is 12.9. The lowest BCUT2D eigenvalue weighted by Crippen LogP contribution is -2.50. The molecule has 1 N–H and O–H groups in total. The van der Waals surface area contributed by atoms with Crippen molar-refractivity contribution < 1.29 is 22.8 Å². The lowest BCUT2D eigenvalue weighted by molar-refractivity contribution is -0.137. The fourth-order valence-corrected chi connectivity index (χ4v) is 3.35. The molecular formula is C23H25ClF3N3O2. The van der Waals surface area contributed by atoms with E-state index in [-0.39, 0.29) is 25.2 Å². The normalized spacial score (nSPS) is 16.3. The molecule has 5 nitrogen and oxygen atoms in total. The van der Waals surface area contributed by atoms with E-state index in [1.54, 1.807) is 12.1 Å². The van der Waals surface area contributed by atoms with E-state index in [1.807, 2.05) is 32.9 Å². The van der Waals surface area contributed by atoms with Crippen LogP contribution in [0.3, 0.4) is 0 Å². The van der Waals surface area contributed by atoms with Gasteiger partial charge in [-0.3, -0.25) is 0 Å². The molecule has 1 aliphatic heterocycles. The third kappa shape index (κ3) is 6.63. The molecule has 1 atom stereocenters. The summed E-state index contributed by atoms with van der Waals surface area (Å²) in [4.78, 5) is 20.0.